The lowest BCUT2D eigenvalue weighted by molar-refractivity contribution is -0.119. The van der Waals surface area contributed by atoms with E-state index >= 15 is 0 Å². The fourth-order valence-electron chi connectivity index (χ4n) is 2.22. The van der Waals surface area contributed by atoms with Crippen molar-refractivity contribution in [1.29, 1.82) is 0 Å². The molecule has 0 aromatic heterocycles. The first-order valence-electron chi connectivity index (χ1n) is 6.98. The predicted octanol–water partition coefficient (Wildman–Crippen LogP) is 3.45. The van der Waals surface area contributed by atoms with Crippen LogP contribution in [0, 0.1) is 6.92 Å². The smallest absolute Gasteiger partial charge is 0.217 e. The van der Waals surface area contributed by atoms with Crippen molar-refractivity contribution in [3.05, 3.63) is 71.3 Å². The van der Waals surface area contributed by atoms with Gasteiger partial charge in [-0.25, -0.2) is 0 Å². The average molecular weight is 281 g/mol. The second kappa shape index (κ2) is 6.84. The van der Waals surface area contributed by atoms with Gasteiger partial charge in [0.25, 0.3) is 0 Å². The summed E-state index contributed by atoms with van der Waals surface area (Å²) in [4.78, 5) is 23.7. The lowest BCUT2D eigenvalue weighted by Crippen LogP contribution is -2.28. The fraction of sp³-hybridized carbons (Fsp3) is 0.222. The van der Waals surface area contributed by atoms with E-state index in [1.807, 2.05) is 49.4 Å². The average Bonchev–Trinajstić information content (AvgIpc) is 2.48. The molecule has 3 nitrogen and oxygen atoms in total. The van der Waals surface area contributed by atoms with Crippen LogP contribution in [0.2, 0.25) is 0 Å². The second-order valence-electron chi connectivity index (χ2n) is 5.16. The van der Waals surface area contributed by atoms with Gasteiger partial charge in [0.05, 0.1) is 6.04 Å². The Labute approximate surface area is 125 Å². The molecular weight excluding hydrogens is 262 g/mol. The van der Waals surface area contributed by atoms with Gasteiger partial charge in [-0.1, -0.05) is 60.2 Å². The highest BCUT2D eigenvalue weighted by Crippen LogP contribution is 2.20. The first-order valence-corrected chi connectivity index (χ1v) is 6.98. The van der Waals surface area contributed by atoms with Gasteiger partial charge < -0.3 is 5.32 Å². The first kappa shape index (κ1) is 15.0. The first-order chi connectivity index (χ1) is 10.1. The van der Waals surface area contributed by atoms with Crippen LogP contribution in [0.5, 0.6) is 0 Å². The number of carbonyl (C=O) groups is 2. The Morgan fingerprint density at radius 3 is 2.19 bits per heavy atom. The minimum Gasteiger partial charge on any atom is -0.349 e. The van der Waals surface area contributed by atoms with E-state index in [-0.39, 0.29) is 24.2 Å². The van der Waals surface area contributed by atoms with Crippen LogP contribution in [0.1, 0.15) is 40.9 Å². The van der Waals surface area contributed by atoms with E-state index < -0.39 is 0 Å². The Hall–Kier alpha value is -2.42. The summed E-state index contributed by atoms with van der Waals surface area (Å²) in [7, 11) is 0. The molecule has 0 heterocycles. The lowest BCUT2D eigenvalue weighted by Gasteiger charge is -2.18. The Morgan fingerprint density at radius 2 is 1.62 bits per heavy atom. The molecular formula is C18H19NO2. The third-order valence-corrected chi connectivity index (χ3v) is 3.34. The van der Waals surface area contributed by atoms with E-state index in [4.69, 9.17) is 0 Å². The van der Waals surface area contributed by atoms with Crippen LogP contribution in [-0.2, 0) is 4.79 Å². The molecule has 108 valence electrons. The summed E-state index contributed by atoms with van der Waals surface area (Å²) in [6, 6.07) is 16.7. The summed E-state index contributed by atoms with van der Waals surface area (Å²) in [5.74, 6) is -0.114. The predicted molar refractivity (Wildman–Crippen MR) is 83.1 cm³/mol. The highest BCUT2D eigenvalue weighted by molar-refractivity contribution is 5.96. The van der Waals surface area contributed by atoms with Crippen LogP contribution in [0.15, 0.2) is 54.6 Å². The van der Waals surface area contributed by atoms with Gasteiger partial charge in [0.15, 0.2) is 5.78 Å². The molecule has 21 heavy (non-hydrogen) atoms. The van der Waals surface area contributed by atoms with Crippen LogP contribution in [0.3, 0.4) is 0 Å². The van der Waals surface area contributed by atoms with Gasteiger partial charge in [0.2, 0.25) is 5.91 Å². The highest BCUT2D eigenvalue weighted by atomic mass is 16.1. The quantitative estimate of drug-likeness (QED) is 0.853. The number of aryl methyl sites for hydroxylation is 1. The number of nitrogens with one attached hydrogen (secondary N) is 1. The minimum absolute atomic E-state index is 0.0231. The fourth-order valence-corrected chi connectivity index (χ4v) is 2.22. The van der Waals surface area contributed by atoms with Gasteiger partial charge in [-0.15, -0.1) is 0 Å². The van der Waals surface area contributed by atoms with Gasteiger partial charge in [-0.05, 0) is 12.5 Å². The number of rotatable bonds is 5. The zero-order valence-corrected chi connectivity index (χ0v) is 12.3. The molecule has 0 fully saturated rings. The molecule has 2 aromatic carbocycles. The number of Topliss-reactive ketones (excluding diaryl/α,β-unsaturated/α-hetero) is 1. The van der Waals surface area contributed by atoms with E-state index in [9.17, 15) is 9.59 Å². The Kier molecular flexibility index (Phi) is 4.88. The van der Waals surface area contributed by atoms with Gasteiger partial charge in [0.1, 0.15) is 0 Å². The number of carbonyl (C=O) groups excluding carboxylic acids is 2. The molecule has 2 aromatic rings. The molecule has 0 saturated heterocycles. The maximum absolute atomic E-state index is 12.3. The third-order valence-electron chi connectivity index (χ3n) is 3.34. The van der Waals surface area contributed by atoms with Crippen LogP contribution in [-0.4, -0.2) is 11.7 Å². The number of hydrogen-bond acceptors (Lipinski definition) is 2. The summed E-state index contributed by atoms with van der Waals surface area (Å²) in [6.45, 7) is 3.47. The molecule has 2 rings (SSSR count). The molecule has 3 heteroatoms. The molecule has 0 radical (unpaired) electrons. The summed E-state index contributed by atoms with van der Waals surface area (Å²) < 4.78 is 0. The number of hydrogen-bond donors (Lipinski definition) is 1. The topological polar surface area (TPSA) is 46.2 Å². The largest absolute Gasteiger partial charge is 0.349 e. The van der Waals surface area contributed by atoms with Crippen LogP contribution in [0.4, 0.5) is 0 Å². The van der Waals surface area contributed by atoms with E-state index in [1.54, 1.807) is 12.1 Å². The molecule has 1 N–H and O–H groups in total. The van der Waals surface area contributed by atoms with Crippen molar-refractivity contribution >= 4 is 11.7 Å². The summed E-state index contributed by atoms with van der Waals surface area (Å²) in [6.07, 6.45) is 0.257. The van der Waals surface area contributed by atoms with E-state index in [1.165, 1.54) is 6.92 Å². The standard InChI is InChI=1S/C18H19NO2/c1-13-8-10-15(11-9-13)17(19-14(2)20)12-18(21)16-6-4-3-5-7-16/h3-11,17H,12H2,1-2H3,(H,19,20). The molecule has 0 bridgehead atoms. The Balaban J connectivity index is 2.18. The second-order valence-corrected chi connectivity index (χ2v) is 5.16. The maximum atomic E-state index is 12.3. The molecule has 0 spiro atoms. The molecule has 1 atom stereocenters. The van der Waals surface area contributed by atoms with Crippen molar-refractivity contribution in [2.45, 2.75) is 26.3 Å². The third kappa shape index (κ3) is 4.28. The zero-order valence-electron chi connectivity index (χ0n) is 12.3. The van der Waals surface area contributed by atoms with Gasteiger partial charge in [0, 0.05) is 18.9 Å². The lowest BCUT2D eigenvalue weighted by atomic mass is 9.97. The van der Waals surface area contributed by atoms with Crippen molar-refractivity contribution in [1.82, 2.24) is 5.32 Å². The van der Waals surface area contributed by atoms with Crippen LogP contribution < -0.4 is 5.32 Å². The molecule has 0 aliphatic heterocycles. The molecule has 0 aliphatic rings. The van der Waals surface area contributed by atoms with Gasteiger partial charge in [-0.3, -0.25) is 9.59 Å². The van der Waals surface area contributed by atoms with Crippen molar-refractivity contribution in [2.75, 3.05) is 0 Å². The van der Waals surface area contributed by atoms with Crippen molar-refractivity contribution < 1.29 is 9.59 Å². The minimum atomic E-state index is -0.296. The van der Waals surface area contributed by atoms with Gasteiger partial charge >= 0.3 is 0 Å². The highest BCUT2D eigenvalue weighted by Gasteiger charge is 2.17. The molecule has 0 aliphatic carbocycles. The zero-order chi connectivity index (χ0) is 15.2. The summed E-state index contributed by atoms with van der Waals surface area (Å²) in [5, 5.41) is 2.86. The molecule has 1 amide bonds. The van der Waals surface area contributed by atoms with E-state index in [0.29, 0.717) is 5.56 Å². The van der Waals surface area contributed by atoms with Crippen LogP contribution >= 0.6 is 0 Å². The van der Waals surface area contributed by atoms with E-state index in [2.05, 4.69) is 5.32 Å². The summed E-state index contributed by atoms with van der Waals surface area (Å²) >= 11 is 0. The number of benzene rings is 2. The monoisotopic (exact) mass is 281 g/mol. The molecule has 1 unspecified atom stereocenters. The van der Waals surface area contributed by atoms with E-state index in [0.717, 1.165) is 11.1 Å². The Bertz CT molecular complexity index is 617. The number of amides is 1. The van der Waals surface area contributed by atoms with Crippen molar-refractivity contribution in [3.8, 4) is 0 Å². The van der Waals surface area contributed by atoms with Gasteiger partial charge in [-0.2, -0.15) is 0 Å². The summed E-state index contributed by atoms with van der Waals surface area (Å²) in [5.41, 5.74) is 2.76. The SMILES string of the molecule is CC(=O)NC(CC(=O)c1ccccc1)c1ccc(C)cc1. The molecule has 0 saturated carbocycles. The maximum Gasteiger partial charge on any atom is 0.217 e. The number of ketones is 1. The van der Waals surface area contributed by atoms with Crippen molar-refractivity contribution in [3.63, 3.8) is 0 Å². The van der Waals surface area contributed by atoms with Crippen molar-refractivity contribution in [2.24, 2.45) is 0 Å². The van der Waals surface area contributed by atoms with Crippen LogP contribution in [0.25, 0.3) is 0 Å². The normalized spacial score (nSPS) is 11.7. The Morgan fingerprint density at radius 1 is 1.00 bits per heavy atom.